The number of sulfone groups is 1. The Hall–Kier alpha value is -1.70. The van der Waals surface area contributed by atoms with E-state index in [1.807, 2.05) is 4.90 Å². The van der Waals surface area contributed by atoms with E-state index >= 15 is 0 Å². The third-order valence-electron chi connectivity index (χ3n) is 4.36. The molecule has 23 heavy (non-hydrogen) atoms. The minimum atomic E-state index is -2.93. The van der Waals surface area contributed by atoms with Crippen LogP contribution in [0, 0.1) is 0 Å². The molecule has 1 atom stereocenters. The van der Waals surface area contributed by atoms with Gasteiger partial charge in [0.1, 0.15) is 0 Å². The molecule has 1 aromatic heterocycles. The van der Waals surface area contributed by atoms with Crippen molar-refractivity contribution in [1.29, 1.82) is 0 Å². The van der Waals surface area contributed by atoms with Crippen LogP contribution in [0.5, 0.6) is 0 Å². The first-order valence-corrected chi connectivity index (χ1v) is 9.94. The fourth-order valence-corrected chi connectivity index (χ4v) is 4.73. The standard InChI is InChI=1S/C15H22N4O3S/c20-14(19-6-3-1-2-4-7-19)12-9-16-15(17-10-12)18-13-5-8-23(21,22)11-13/h9-10,13H,1-8,11H2,(H,16,17,18). The van der Waals surface area contributed by atoms with Gasteiger partial charge in [-0.3, -0.25) is 4.79 Å². The Balaban J connectivity index is 1.61. The number of hydrogen-bond donors (Lipinski definition) is 1. The lowest BCUT2D eigenvalue weighted by Gasteiger charge is -2.20. The van der Waals surface area contributed by atoms with E-state index in [-0.39, 0.29) is 23.5 Å². The number of nitrogens with zero attached hydrogens (tertiary/aromatic N) is 3. The molecule has 3 rings (SSSR count). The molecular weight excluding hydrogens is 316 g/mol. The summed E-state index contributed by atoms with van der Waals surface area (Å²) in [7, 11) is -2.93. The average Bonchev–Trinajstić information content (AvgIpc) is 2.75. The van der Waals surface area contributed by atoms with Crippen LogP contribution in [-0.4, -0.2) is 59.8 Å². The van der Waals surface area contributed by atoms with E-state index in [0.717, 1.165) is 25.9 Å². The van der Waals surface area contributed by atoms with Gasteiger partial charge in [0.05, 0.1) is 17.1 Å². The fourth-order valence-electron chi connectivity index (χ4n) is 3.06. The second-order valence-corrected chi connectivity index (χ2v) is 8.47. The lowest BCUT2D eigenvalue weighted by atomic mass is 10.2. The van der Waals surface area contributed by atoms with E-state index in [1.165, 1.54) is 25.2 Å². The zero-order valence-corrected chi connectivity index (χ0v) is 13.9. The van der Waals surface area contributed by atoms with Gasteiger partial charge in [-0.1, -0.05) is 12.8 Å². The zero-order valence-electron chi connectivity index (χ0n) is 13.1. The van der Waals surface area contributed by atoms with Gasteiger partial charge in [-0.05, 0) is 19.3 Å². The van der Waals surface area contributed by atoms with E-state index in [0.29, 0.717) is 17.9 Å². The molecule has 0 bridgehead atoms. The maximum atomic E-state index is 12.4. The number of aromatic nitrogens is 2. The van der Waals surface area contributed by atoms with E-state index in [9.17, 15) is 13.2 Å². The van der Waals surface area contributed by atoms with Crippen molar-refractivity contribution in [2.45, 2.75) is 38.1 Å². The first kappa shape index (κ1) is 16.2. The van der Waals surface area contributed by atoms with Crippen LogP contribution in [0.2, 0.25) is 0 Å². The number of rotatable bonds is 3. The Kier molecular flexibility index (Phi) is 4.79. The number of hydrogen-bond acceptors (Lipinski definition) is 6. The Labute approximate surface area is 136 Å². The van der Waals surface area contributed by atoms with Crippen LogP contribution in [0.25, 0.3) is 0 Å². The molecule has 0 radical (unpaired) electrons. The van der Waals surface area contributed by atoms with Crippen molar-refractivity contribution in [3.8, 4) is 0 Å². The molecule has 1 N–H and O–H groups in total. The highest BCUT2D eigenvalue weighted by atomic mass is 32.2. The number of nitrogens with one attached hydrogen (secondary N) is 1. The van der Waals surface area contributed by atoms with Gasteiger partial charge in [0.25, 0.3) is 5.91 Å². The monoisotopic (exact) mass is 338 g/mol. The van der Waals surface area contributed by atoms with Crippen LogP contribution in [-0.2, 0) is 9.84 Å². The summed E-state index contributed by atoms with van der Waals surface area (Å²) in [6.45, 7) is 1.58. The molecule has 3 heterocycles. The molecule has 8 heteroatoms. The van der Waals surface area contributed by atoms with E-state index in [2.05, 4.69) is 15.3 Å². The number of amides is 1. The van der Waals surface area contributed by atoms with Crippen LogP contribution >= 0.6 is 0 Å². The molecule has 126 valence electrons. The quantitative estimate of drug-likeness (QED) is 0.887. The first-order valence-electron chi connectivity index (χ1n) is 8.12. The summed E-state index contributed by atoms with van der Waals surface area (Å²) in [5.74, 6) is 0.669. The van der Waals surface area contributed by atoms with Crippen molar-refractivity contribution in [1.82, 2.24) is 14.9 Å². The predicted molar refractivity (Wildman–Crippen MR) is 87.1 cm³/mol. The minimum absolute atomic E-state index is 0.0260. The number of likely N-dealkylation sites (tertiary alicyclic amines) is 1. The first-order chi connectivity index (χ1) is 11.0. The normalized spacial score (nSPS) is 24.2. The molecule has 0 saturated carbocycles. The lowest BCUT2D eigenvalue weighted by molar-refractivity contribution is 0.0761. The highest BCUT2D eigenvalue weighted by Crippen LogP contribution is 2.16. The summed E-state index contributed by atoms with van der Waals surface area (Å²) >= 11 is 0. The fraction of sp³-hybridized carbons (Fsp3) is 0.667. The van der Waals surface area contributed by atoms with Gasteiger partial charge in [0, 0.05) is 31.5 Å². The second-order valence-electron chi connectivity index (χ2n) is 6.25. The van der Waals surface area contributed by atoms with Crippen LogP contribution in [0.1, 0.15) is 42.5 Å². The second kappa shape index (κ2) is 6.82. The van der Waals surface area contributed by atoms with Crippen molar-refractivity contribution >= 4 is 21.7 Å². The molecule has 2 saturated heterocycles. The van der Waals surface area contributed by atoms with Gasteiger partial charge < -0.3 is 10.2 Å². The number of carbonyl (C=O) groups is 1. The number of carbonyl (C=O) groups excluding carboxylic acids is 1. The molecule has 1 unspecified atom stereocenters. The van der Waals surface area contributed by atoms with Crippen molar-refractivity contribution in [2.75, 3.05) is 29.9 Å². The van der Waals surface area contributed by atoms with Crippen LogP contribution in [0.4, 0.5) is 5.95 Å². The topological polar surface area (TPSA) is 92.3 Å². The SMILES string of the molecule is O=C(c1cnc(NC2CCS(=O)(=O)C2)nc1)N1CCCCCC1. The molecule has 1 amide bonds. The van der Waals surface area contributed by atoms with Gasteiger partial charge >= 0.3 is 0 Å². The molecule has 0 spiro atoms. The Bertz CT molecular complexity index is 652. The minimum Gasteiger partial charge on any atom is -0.350 e. The third-order valence-corrected chi connectivity index (χ3v) is 6.13. The van der Waals surface area contributed by atoms with Crippen LogP contribution in [0.15, 0.2) is 12.4 Å². The predicted octanol–water partition coefficient (Wildman–Crippen LogP) is 1.09. The molecule has 2 fully saturated rings. The van der Waals surface area contributed by atoms with Crippen molar-refractivity contribution < 1.29 is 13.2 Å². The van der Waals surface area contributed by atoms with Crippen molar-refractivity contribution in [2.24, 2.45) is 0 Å². The maximum Gasteiger partial charge on any atom is 0.256 e. The van der Waals surface area contributed by atoms with Gasteiger partial charge in [-0.2, -0.15) is 0 Å². The van der Waals surface area contributed by atoms with Gasteiger partial charge in [0.15, 0.2) is 9.84 Å². The summed E-state index contributed by atoms with van der Waals surface area (Å²) in [4.78, 5) is 22.6. The highest BCUT2D eigenvalue weighted by Gasteiger charge is 2.28. The molecule has 0 aliphatic carbocycles. The van der Waals surface area contributed by atoms with Crippen LogP contribution < -0.4 is 5.32 Å². The van der Waals surface area contributed by atoms with Crippen molar-refractivity contribution in [3.63, 3.8) is 0 Å². The Morgan fingerprint density at radius 2 is 1.78 bits per heavy atom. The summed E-state index contributed by atoms with van der Waals surface area (Å²) in [6, 6.07) is -0.146. The number of anilines is 1. The van der Waals surface area contributed by atoms with Gasteiger partial charge in [0.2, 0.25) is 5.95 Å². The summed E-state index contributed by atoms with van der Waals surface area (Å²) < 4.78 is 22.9. The molecule has 2 aliphatic rings. The summed E-state index contributed by atoms with van der Waals surface area (Å²) in [5, 5.41) is 3.03. The zero-order chi connectivity index (χ0) is 16.3. The van der Waals surface area contributed by atoms with Crippen LogP contribution in [0.3, 0.4) is 0 Å². The van der Waals surface area contributed by atoms with Gasteiger partial charge in [-0.15, -0.1) is 0 Å². The molecule has 2 aliphatic heterocycles. The molecular formula is C15H22N4O3S. The third kappa shape index (κ3) is 4.19. The van der Waals surface area contributed by atoms with E-state index in [4.69, 9.17) is 0 Å². The van der Waals surface area contributed by atoms with E-state index in [1.54, 1.807) is 0 Å². The smallest absolute Gasteiger partial charge is 0.256 e. The van der Waals surface area contributed by atoms with Gasteiger partial charge in [-0.25, -0.2) is 18.4 Å². The highest BCUT2D eigenvalue weighted by molar-refractivity contribution is 7.91. The maximum absolute atomic E-state index is 12.4. The lowest BCUT2D eigenvalue weighted by Crippen LogP contribution is -2.32. The largest absolute Gasteiger partial charge is 0.350 e. The molecule has 7 nitrogen and oxygen atoms in total. The van der Waals surface area contributed by atoms with E-state index < -0.39 is 9.84 Å². The average molecular weight is 338 g/mol. The molecule has 1 aromatic rings. The summed E-state index contributed by atoms with van der Waals surface area (Å²) in [5.41, 5.74) is 0.483. The molecule has 0 aromatic carbocycles. The Morgan fingerprint density at radius 1 is 1.13 bits per heavy atom. The van der Waals surface area contributed by atoms with Crippen molar-refractivity contribution in [3.05, 3.63) is 18.0 Å². The summed E-state index contributed by atoms with van der Waals surface area (Å²) in [6.07, 6.45) is 8.05. The Morgan fingerprint density at radius 3 is 2.35 bits per heavy atom.